The Morgan fingerprint density at radius 3 is 2.85 bits per heavy atom. The summed E-state index contributed by atoms with van der Waals surface area (Å²) in [7, 11) is 1.64. The maximum Gasteiger partial charge on any atom is 0.322 e. The summed E-state index contributed by atoms with van der Waals surface area (Å²) >= 11 is 3.19. The fraction of sp³-hybridized carbons (Fsp3) is 0.538. The highest BCUT2D eigenvalue weighted by atomic mass is 79.9. The van der Waals surface area contributed by atoms with Gasteiger partial charge in [-0.15, -0.1) is 0 Å². The molecule has 0 aromatic carbocycles. The summed E-state index contributed by atoms with van der Waals surface area (Å²) in [6, 6.07) is 1.44. The van der Waals surface area contributed by atoms with Crippen molar-refractivity contribution in [2.75, 3.05) is 18.5 Å². The van der Waals surface area contributed by atoms with Crippen molar-refractivity contribution in [3.8, 4) is 0 Å². The SMILES string of the molecule is C[C@@H]1OCCN(C(=O)Nc2cc(Br)c(=O)n(C)c2)[C@H]1C. The van der Waals surface area contributed by atoms with Crippen molar-refractivity contribution in [2.24, 2.45) is 7.05 Å². The Hall–Kier alpha value is -1.34. The molecule has 1 N–H and O–H groups in total. The third kappa shape index (κ3) is 3.04. The first-order chi connectivity index (χ1) is 9.40. The van der Waals surface area contributed by atoms with Crippen LogP contribution in [0.5, 0.6) is 0 Å². The molecule has 2 atom stereocenters. The lowest BCUT2D eigenvalue weighted by molar-refractivity contribution is -0.0355. The zero-order chi connectivity index (χ0) is 14.9. The molecule has 6 nitrogen and oxygen atoms in total. The molecular weight excluding hydrogens is 326 g/mol. The fourth-order valence-electron chi connectivity index (χ4n) is 2.15. The third-order valence-electron chi connectivity index (χ3n) is 3.54. The minimum atomic E-state index is -0.182. The fourth-order valence-corrected chi connectivity index (χ4v) is 2.68. The van der Waals surface area contributed by atoms with E-state index in [0.29, 0.717) is 23.3 Å². The Morgan fingerprint density at radius 2 is 2.20 bits per heavy atom. The number of rotatable bonds is 1. The number of aromatic nitrogens is 1. The van der Waals surface area contributed by atoms with Crippen LogP contribution in [0.4, 0.5) is 10.5 Å². The van der Waals surface area contributed by atoms with Crippen LogP contribution in [-0.4, -0.2) is 40.8 Å². The molecular formula is C13H18BrN3O3. The van der Waals surface area contributed by atoms with Crippen molar-refractivity contribution in [1.82, 2.24) is 9.47 Å². The second kappa shape index (κ2) is 5.97. The van der Waals surface area contributed by atoms with Gasteiger partial charge in [-0.05, 0) is 35.8 Å². The molecule has 0 aliphatic carbocycles. The second-order valence-electron chi connectivity index (χ2n) is 4.93. The summed E-state index contributed by atoms with van der Waals surface area (Å²) in [5.74, 6) is 0. The van der Waals surface area contributed by atoms with Gasteiger partial charge in [0, 0.05) is 19.8 Å². The van der Waals surface area contributed by atoms with E-state index < -0.39 is 0 Å². The monoisotopic (exact) mass is 343 g/mol. The van der Waals surface area contributed by atoms with Gasteiger partial charge >= 0.3 is 6.03 Å². The molecule has 1 saturated heterocycles. The van der Waals surface area contributed by atoms with E-state index in [0.717, 1.165) is 0 Å². The highest BCUT2D eigenvalue weighted by Gasteiger charge is 2.29. The Bertz CT molecular complexity index is 546. The smallest absolute Gasteiger partial charge is 0.322 e. The molecule has 1 aliphatic heterocycles. The van der Waals surface area contributed by atoms with Gasteiger partial charge in [-0.25, -0.2) is 4.79 Å². The van der Waals surface area contributed by atoms with Gasteiger partial charge in [0.05, 0.1) is 28.9 Å². The molecule has 0 radical (unpaired) electrons. The predicted octanol–water partition coefficient (Wildman–Crippen LogP) is 1.79. The summed E-state index contributed by atoms with van der Waals surface area (Å²) in [5.41, 5.74) is 0.437. The molecule has 20 heavy (non-hydrogen) atoms. The number of amides is 2. The average molecular weight is 344 g/mol. The Morgan fingerprint density at radius 1 is 1.50 bits per heavy atom. The van der Waals surface area contributed by atoms with Crippen LogP contribution in [0.25, 0.3) is 0 Å². The van der Waals surface area contributed by atoms with E-state index in [2.05, 4.69) is 21.2 Å². The van der Waals surface area contributed by atoms with Gasteiger partial charge < -0.3 is 19.5 Å². The molecule has 0 bridgehead atoms. The molecule has 1 aromatic heterocycles. The van der Waals surface area contributed by atoms with E-state index in [1.165, 1.54) is 4.57 Å². The standard InChI is InChI=1S/C13H18BrN3O3/c1-8-9(2)20-5-4-17(8)13(19)15-10-6-11(14)12(18)16(3)7-10/h6-9H,4-5H2,1-3H3,(H,15,19)/t8-,9-/m0/s1. The van der Waals surface area contributed by atoms with Crippen LogP contribution < -0.4 is 10.9 Å². The number of pyridine rings is 1. The number of morpholine rings is 1. The summed E-state index contributed by atoms with van der Waals surface area (Å²) in [5, 5.41) is 2.81. The first-order valence-corrected chi connectivity index (χ1v) is 7.25. The highest BCUT2D eigenvalue weighted by molar-refractivity contribution is 9.10. The normalized spacial score (nSPS) is 22.7. The van der Waals surface area contributed by atoms with E-state index in [1.807, 2.05) is 13.8 Å². The van der Waals surface area contributed by atoms with Gasteiger partial charge in [0.1, 0.15) is 0 Å². The van der Waals surface area contributed by atoms with E-state index in [-0.39, 0.29) is 23.7 Å². The number of nitrogens with zero attached hydrogens (tertiary/aromatic N) is 2. The number of urea groups is 1. The number of halogens is 1. The largest absolute Gasteiger partial charge is 0.375 e. The molecule has 7 heteroatoms. The molecule has 110 valence electrons. The topological polar surface area (TPSA) is 63.6 Å². The predicted molar refractivity (Wildman–Crippen MR) is 80.0 cm³/mol. The van der Waals surface area contributed by atoms with Crippen molar-refractivity contribution in [1.29, 1.82) is 0 Å². The van der Waals surface area contributed by atoms with E-state index in [9.17, 15) is 9.59 Å². The van der Waals surface area contributed by atoms with Crippen LogP contribution in [0.2, 0.25) is 0 Å². The molecule has 0 unspecified atom stereocenters. The average Bonchev–Trinajstić information content (AvgIpc) is 2.39. The van der Waals surface area contributed by atoms with E-state index in [1.54, 1.807) is 24.2 Å². The minimum Gasteiger partial charge on any atom is -0.375 e. The zero-order valence-electron chi connectivity index (χ0n) is 11.7. The quantitative estimate of drug-likeness (QED) is 0.845. The number of nitrogens with one attached hydrogen (secondary N) is 1. The van der Waals surface area contributed by atoms with E-state index in [4.69, 9.17) is 4.74 Å². The Kier molecular flexibility index (Phi) is 4.49. The van der Waals surface area contributed by atoms with Gasteiger partial charge in [0.25, 0.3) is 5.56 Å². The van der Waals surface area contributed by atoms with Crippen molar-refractivity contribution >= 4 is 27.6 Å². The van der Waals surface area contributed by atoms with Gasteiger partial charge in [0.2, 0.25) is 0 Å². The molecule has 1 aliphatic rings. The summed E-state index contributed by atoms with van der Waals surface area (Å²) < 4.78 is 7.34. The first-order valence-electron chi connectivity index (χ1n) is 6.45. The lowest BCUT2D eigenvalue weighted by atomic mass is 10.1. The van der Waals surface area contributed by atoms with Gasteiger partial charge in [-0.3, -0.25) is 4.79 Å². The van der Waals surface area contributed by atoms with Crippen LogP contribution in [0.3, 0.4) is 0 Å². The number of aryl methyl sites for hydroxylation is 1. The lowest BCUT2D eigenvalue weighted by Crippen LogP contribution is -2.52. The summed E-state index contributed by atoms with van der Waals surface area (Å²) in [6.45, 7) is 5.01. The second-order valence-corrected chi connectivity index (χ2v) is 5.79. The highest BCUT2D eigenvalue weighted by Crippen LogP contribution is 2.16. The van der Waals surface area contributed by atoms with Crippen LogP contribution in [0.15, 0.2) is 21.5 Å². The van der Waals surface area contributed by atoms with Gasteiger partial charge in [-0.2, -0.15) is 0 Å². The molecule has 1 fully saturated rings. The Labute approximate surface area is 125 Å². The number of hydrogen-bond donors (Lipinski definition) is 1. The summed E-state index contributed by atoms with van der Waals surface area (Å²) in [6.07, 6.45) is 1.61. The maximum absolute atomic E-state index is 12.3. The van der Waals surface area contributed by atoms with Crippen molar-refractivity contribution in [3.05, 3.63) is 27.1 Å². The number of hydrogen-bond acceptors (Lipinski definition) is 3. The Balaban J connectivity index is 2.13. The van der Waals surface area contributed by atoms with Crippen molar-refractivity contribution < 1.29 is 9.53 Å². The molecule has 0 spiro atoms. The molecule has 2 rings (SSSR count). The first kappa shape index (κ1) is 15.1. The number of carbonyl (C=O) groups is 1. The molecule has 0 saturated carbocycles. The van der Waals surface area contributed by atoms with Crippen molar-refractivity contribution in [3.63, 3.8) is 0 Å². The number of anilines is 1. The number of carbonyl (C=O) groups excluding carboxylic acids is 1. The van der Waals surface area contributed by atoms with Crippen LogP contribution in [0.1, 0.15) is 13.8 Å². The third-order valence-corrected chi connectivity index (χ3v) is 4.10. The van der Waals surface area contributed by atoms with Crippen LogP contribution in [0, 0.1) is 0 Å². The molecule has 1 aromatic rings. The molecule has 2 amide bonds. The maximum atomic E-state index is 12.3. The van der Waals surface area contributed by atoms with Gasteiger partial charge in [0.15, 0.2) is 0 Å². The lowest BCUT2D eigenvalue weighted by Gasteiger charge is -2.37. The zero-order valence-corrected chi connectivity index (χ0v) is 13.3. The molecule has 2 heterocycles. The van der Waals surface area contributed by atoms with Gasteiger partial charge in [-0.1, -0.05) is 0 Å². The van der Waals surface area contributed by atoms with Crippen LogP contribution >= 0.6 is 15.9 Å². The van der Waals surface area contributed by atoms with Crippen LogP contribution in [-0.2, 0) is 11.8 Å². The van der Waals surface area contributed by atoms with E-state index >= 15 is 0 Å². The number of ether oxygens (including phenoxy) is 1. The summed E-state index contributed by atoms with van der Waals surface area (Å²) in [4.78, 5) is 25.6. The van der Waals surface area contributed by atoms with Crippen molar-refractivity contribution in [2.45, 2.75) is 26.0 Å². The minimum absolute atomic E-state index is 0.0136.